The van der Waals surface area contributed by atoms with Crippen LogP contribution in [0.2, 0.25) is 0 Å². The van der Waals surface area contributed by atoms with Crippen LogP contribution in [0.25, 0.3) is 22.3 Å². The van der Waals surface area contributed by atoms with Crippen molar-refractivity contribution >= 4 is 5.69 Å². The molecule has 0 amide bonds. The molecule has 0 aliphatic carbocycles. The van der Waals surface area contributed by atoms with E-state index in [1.807, 2.05) is 0 Å². The summed E-state index contributed by atoms with van der Waals surface area (Å²) in [7, 11) is 0. The van der Waals surface area contributed by atoms with Crippen LogP contribution in [-0.4, -0.2) is 13.1 Å². The van der Waals surface area contributed by atoms with Crippen LogP contribution in [0.4, 0.5) is 5.69 Å². The standard InChI is InChI=1S/C22H21N/c1-2-7-18(8-3-1)20-9-6-10-21(17-20)19-11-13-22(14-12-19)23-15-4-5-16-23/h1-3,6-14,17H,4-5,15-16H2. The predicted octanol–water partition coefficient (Wildman–Crippen LogP) is 5.62. The van der Waals surface area contributed by atoms with E-state index in [1.165, 1.54) is 53.9 Å². The van der Waals surface area contributed by atoms with E-state index < -0.39 is 0 Å². The Balaban J connectivity index is 1.63. The third kappa shape index (κ3) is 3.00. The Morgan fingerprint density at radius 2 is 1.09 bits per heavy atom. The molecule has 1 heterocycles. The van der Waals surface area contributed by atoms with Crippen LogP contribution >= 0.6 is 0 Å². The highest BCUT2D eigenvalue weighted by Gasteiger charge is 2.12. The summed E-state index contributed by atoms with van der Waals surface area (Å²) in [5.74, 6) is 0. The summed E-state index contributed by atoms with van der Waals surface area (Å²) in [6, 6.07) is 28.4. The van der Waals surface area contributed by atoms with Crippen LogP contribution in [0.15, 0.2) is 78.9 Å². The minimum absolute atomic E-state index is 1.20. The van der Waals surface area contributed by atoms with E-state index in [0.717, 1.165) is 0 Å². The molecule has 1 nitrogen and oxygen atoms in total. The van der Waals surface area contributed by atoms with Gasteiger partial charge in [0.2, 0.25) is 0 Å². The van der Waals surface area contributed by atoms with Crippen LogP contribution in [0, 0.1) is 0 Å². The lowest BCUT2D eigenvalue weighted by Gasteiger charge is -2.17. The largest absolute Gasteiger partial charge is 0.372 e. The molecule has 114 valence electrons. The van der Waals surface area contributed by atoms with Gasteiger partial charge >= 0.3 is 0 Å². The highest BCUT2D eigenvalue weighted by Crippen LogP contribution is 2.28. The maximum absolute atomic E-state index is 2.48. The van der Waals surface area contributed by atoms with Crippen LogP contribution in [0.5, 0.6) is 0 Å². The Morgan fingerprint density at radius 1 is 0.522 bits per heavy atom. The van der Waals surface area contributed by atoms with Gasteiger partial charge in [0.25, 0.3) is 0 Å². The molecule has 0 spiro atoms. The number of hydrogen-bond acceptors (Lipinski definition) is 1. The summed E-state index contributed by atoms with van der Waals surface area (Å²) in [5.41, 5.74) is 6.45. The summed E-state index contributed by atoms with van der Waals surface area (Å²) in [6.07, 6.45) is 2.64. The van der Waals surface area contributed by atoms with Gasteiger partial charge in [-0.15, -0.1) is 0 Å². The van der Waals surface area contributed by atoms with Crippen molar-refractivity contribution in [3.63, 3.8) is 0 Å². The zero-order valence-corrected chi connectivity index (χ0v) is 13.3. The van der Waals surface area contributed by atoms with E-state index in [9.17, 15) is 0 Å². The second-order valence-electron chi connectivity index (χ2n) is 6.19. The molecule has 1 fully saturated rings. The second kappa shape index (κ2) is 6.29. The SMILES string of the molecule is c1ccc(-c2cccc(-c3ccc(N4CCCC4)cc3)c2)cc1. The van der Waals surface area contributed by atoms with Gasteiger partial charge in [-0.05, 0) is 53.3 Å². The molecule has 4 rings (SSSR count). The number of hydrogen-bond donors (Lipinski definition) is 0. The molecule has 1 saturated heterocycles. The van der Waals surface area contributed by atoms with Gasteiger partial charge in [0.05, 0.1) is 0 Å². The number of nitrogens with zero attached hydrogens (tertiary/aromatic N) is 1. The average molecular weight is 299 g/mol. The summed E-state index contributed by atoms with van der Waals surface area (Å²) < 4.78 is 0. The molecule has 0 aromatic heterocycles. The van der Waals surface area contributed by atoms with Crippen LogP contribution < -0.4 is 4.90 Å². The van der Waals surface area contributed by atoms with E-state index in [-0.39, 0.29) is 0 Å². The van der Waals surface area contributed by atoms with Crippen LogP contribution in [0.3, 0.4) is 0 Å². The third-order valence-corrected chi connectivity index (χ3v) is 4.64. The molecule has 0 N–H and O–H groups in total. The molecule has 0 saturated carbocycles. The molecule has 3 aromatic carbocycles. The fourth-order valence-electron chi connectivity index (χ4n) is 3.35. The molecule has 0 atom stereocenters. The first kappa shape index (κ1) is 14.1. The zero-order valence-electron chi connectivity index (χ0n) is 13.3. The molecule has 0 radical (unpaired) electrons. The maximum Gasteiger partial charge on any atom is 0.0366 e. The quantitative estimate of drug-likeness (QED) is 0.606. The Morgan fingerprint density at radius 3 is 1.74 bits per heavy atom. The molecule has 23 heavy (non-hydrogen) atoms. The van der Waals surface area contributed by atoms with Crippen molar-refractivity contribution in [1.29, 1.82) is 0 Å². The molecular formula is C22H21N. The van der Waals surface area contributed by atoms with Gasteiger partial charge in [0, 0.05) is 18.8 Å². The van der Waals surface area contributed by atoms with Crippen molar-refractivity contribution in [2.45, 2.75) is 12.8 Å². The fraction of sp³-hybridized carbons (Fsp3) is 0.182. The van der Waals surface area contributed by atoms with E-state index in [2.05, 4.69) is 83.8 Å². The molecule has 3 aromatic rings. The summed E-state index contributed by atoms with van der Waals surface area (Å²) in [5, 5.41) is 0. The Kier molecular flexibility index (Phi) is 3.85. The molecular weight excluding hydrogens is 278 g/mol. The lowest BCUT2D eigenvalue weighted by Crippen LogP contribution is -2.17. The zero-order chi connectivity index (χ0) is 15.5. The molecule has 0 bridgehead atoms. The summed E-state index contributed by atoms with van der Waals surface area (Å²) in [4.78, 5) is 2.48. The highest BCUT2D eigenvalue weighted by atomic mass is 15.1. The minimum Gasteiger partial charge on any atom is -0.372 e. The van der Waals surface area contributed by atoms with E-state index in [1.54, 1.807) is 0 Å². The number of benzene rings is 3. The van der Waals surface area contributed by atoms with Crippen molar-refractivity contribution in [2.75, 3.05) is 18.0 Å². The monoisotopic (exact) mass is 299 g/mol. The lowest BCUT2D eigenvalue weighted by molar-refractivity contribution is 0.949. The number of rotatable bonds is 3. The van der Waals surface area contributed by atoms with Gasteiger partial charge < -0.3 is 4.90 Å². The molecule has 1 aliphatic rings. The average Bonchev–Trinajstić information content (AvgIpc) is 3.17. The summed E-state index contributed by atoms with van der Waals surface area (Å²) >= 11 is 0. The van der Waals surface area contributed by atoms with Crippen molar-refractivity contribution in [3.05, 3.63) is 78.9 Å². The topological polar surface area (TPSA) is 3.24 Å². The smallest absolute Gasteiger partial charge is 0.0366 e. The van der Waals surface area contributed by atoms with E-state index in [0.29, 0.717) is 0 Å². The van der Waals surface area contributed by atoms with Gasteiger partial charge in [0.1, 0.15) is 0 Å². The van der Waals surface area contributed by atoms with Gasteiger partial charge in [-0.2, -0.15) is 0 Å². The fourth-order valence-corrected chi connectivity index (χ4v) is 3.35. The van der Waals surface area contributed by atoms with E-state index in [4.69, 9.17) is 0 Å². The molecule has 1 aliphatic heterocycles. The van der Waals surface area contributed by atoms with Gasteiger partial charge in [-0.1, -0.05) is 60.7 Å². The van der Waals surface area contributed by atoms with Crippen molar-refractivity contribution in [3.8, 4) is 22.3 Å². The first-order valence-electron chi connectivity index (χ1n) is 8.41. The van der Waals surface area contributed by atoms with Crippen molar-refractivity contribution < 1.29 is 0 Å². The predicted molar refractivity (Wildman–Crippen MR) is 98.8 cm³/mol. The first-order valence-corrected chi connectivity index (χ1v) is 8.41. The molecule has 0 unspecified atom stereocenters. The Bertz CT molecular complexity index is 769. The minimum atomic E-state index is 1.20. The van der Waals surface area contributed by atoms with Crippen LogP contribution in [-0.2, 0) is 0 Å². The van der Waals surface area contributed by atoms with Gasteiger partial charge in [-0.3, -0.25) is 0 Å². The second-order valence-corrected chi connectivity index (χ2v) is 6.19. The molecule has 1 heteroatoms. The Labute approximate surface area is 138 Å². The first-order chi connectivity index (χ1) is 11.4. The van der Waals surface area contributed by atoms with Gasteiger partial charge in [-0.25, -0.2) is 0 Å². The van der Waals surface area contributed by atoms with Gasteiger partial charge in [0.15, 0.2) is 0 Å². The normalized spacial score (nSPS) is 14.2. The maximum atomic E-state index is 2.48. The van der Waals surface area contributed by atoms with E-state index >= 15 is 0 Å². The number of anilines is 1. The Hall–Kier alpha value is -2.54. The highest BCUT2D eigenvalue weighted by molar-refractivity contribution is 5.74. The third-order valence-electron chi connectivity index (χ3n) is 4.64. The summed E-state index contributed by atoms with van der Waals surface area (Å²) in [6.45, 7) is 2.39. The van der Waals surface area contributed by atoms with Crippen molar-refractivity contribution in [1.82, 2.24) is 0 Å². The van der Waals surface area contributed by atoms with Crippen LogP contribution in [0.1, 0.15) is 12.8 Å². The lowest BCUT2D eigenvalue weighted by atomic mass is 9.99. The van der Waals surface area contributed by atoms with Crippen molar-refractivity contribution in [2.24, 2.45) is 0 Å².